The van der Waals surface area contributed by atoms with Crippen molar-refractivity contribution in [1.29, 1.82) is 0 Å². The average Bonchev–Trinajstić information content (AvgIpc) is 3.21. The maximum Gasteiger partial charge on any atom is 0.410 e. The van der Waals surface area contributed by atoms with Crippen LogP contribution in [0.2, 0.25) is 0 Å². The number of carbonyl (C=O) groups is 1. The van der Waals surface area contributed by atoms with Gasteiger partial charge in [0.15, 0.2) is 11.6 Å². The Morgan fingerprint density at radius 1 is 1.13 bits per heavy atom. The topological polar surface area (TPSA) is 59.0 Å². The number of likely N-dealkylation sites (tertiary alicyclic amines) is 1. The first-order chi connectivity index (χ1) is 18.0. The molecule has 2 atom stereocenters. The van der Waals surface area contributed by atoms with Gasteiger partial charge in [-0.1, -0.05) is 42.5 Å². The Balaban J connectivity index is 1.59. The molecule has 0 bridgehead atoms. The fraction of sp³-hybridized carbons (Fsp3) is 0.387. The number of aliphatic hydroxyl groups excluding tert-OH is 1. The van der Waals surface area contributed by atoms with Crippen LogP contribution in [0.25, 0.3) is 11.1 Å². The third kappa shape index (κ3) is 4.69. The molecular formula is C31H33F2NO4. The van der Waals surface area contributed by atoms with Gasteiger partial charge < -0.3 is 19.5 Å². The molecule has 0 radical (unpaired) electrons. The Kier molecular flexibility index (Phi) is 6.78. The van der Waals surface area contributed by atoms with E-state index in [0.29, 0.717) is 30.6 Å². The summed E-state index contributed by atoms with van der Waals surface area (Å²) >= 11 is 0. The van der Waals surface area contributed by atoms with Crippen molar-refractivity contribution >= 4 is 6.09 Å². The SMILES string of the molecule is Cc1cc(-c2ccccc2CO)ccc1[C@H]1CN(C(=O)OC(C)(C)C)CC[C@@]12OCc1cc(F)c(F)cc12. The zero-order valence-electron chi connectivity index (χ0n) is 22.2. The summed E-state index contributed by atoms with van der Waals surface area (Å²) in [7, 11) is 0. The molecule has 2 aliphatic rings. The van der Waals surface area contributed by atoms with Crippen LogP contribution < -0.4 is 0 Å². The Labute approximate surface area is 222 Å². The van der Waals surface area contributed by atoms with E-state index in [2.05, 4.69) is 6.07 Å². The molecular weight excluding hydrogens is 488 g/mol. The lowest BCUT2D eigenvalue weighted by atomic mass is 9.71. The number of nitrogens with zero attached hydrogens (tertiary/aromatic N) is 1. The maximum atomic E-state index is 14.5. The molecule has 200 valence electrons. The van der Waals surface area contributed by atoms with Crippen molar-refractivity contribution < 1.29 is 28.2 Å². The molecule has 0 saturated carbocycles. The molecule has 5 rings (SSSR count). The normalized spacial score (nSPS) is 21.0. The second kappa shape index (κ2) is 9.79. The predicted octanol–water partition coefficient (Wildman–Crippen LogP) is 6.58. The second-order valence-electron chi connectivity index (χ2n) is 11.2. The van der Waals surface area contributed by atoms with E-state index in [1.807, 2.05) is 64.1 Å². The largest absolute Gasteiger partial charge is 0.444 e. The van der Waals surface area contributed by atoms with Crippen molar-refractivity contribution in [2.75, 3.05) is 13.1 Å². The molecule has 1 N–H and O–H groups in total. The molecule has 1 spiro atoms. The van der Waals surface area contributed by atoms with Crippen molar-refractivity contribution in [2.24, 2.45) is 0 Å². The van der Waals surface area contributed by atoms with Gasteiger partial charge in [-0.2, -0.15) is 0 Å². The number of halogens is 2. The van der Waals surface area contributed by atoms with E-state index < -0.39 is 28.9 Å². The van der Waals surface area contributed by atoms with Crippen LogP contribution in [0.5, 0.6) is 0 Å². The van der Waals surface area contributed by atoms with Crippen molar-refractivity contribution in [2.45, 2.75) is 64.4 Å². The molecule has 0 unspecified atom stereocenters. The van der Waals surface area contributed by atoms with Crippen LogP contribution in [0.4, 0.5) is 13.6 Å². The van der Waals surface area contributed by atoms with Gasteiger partial charge in [-0.15, -0.1) is 0 Å². The Hall–Kier alpha value is -3.29. The van der Waals surface area contributed by atoms with E-state index in [0.717, 1.165) is 27.8 Å². The van der Waals surface area contributed by atoms with E-state index in [9.17, 15) is 18.7 Å². The minimum Gasteiger partial charge on any atom is -0.444 e. The minimum absolute atomic E-state index is 0.0691. The van der Waals surface area contributed by atoms with Gasteiger partial charge in [0.25, 0.3) is 0 Å². The number of fused-ring (bicyclic) bond motifs is 2. The van der Waals surface area contributed by atoms with Crippen molar-refractivity contribution in [1.82, 2.24) is 4.90 Å². The first kappa shape index (κ1) is 26.3. The highest BCUT2D eigenvalue weighted by Crippen LogP contribution is 2.52. The first-order valence-corrected chi connectivity index (χ1v) is 12.9. The molecule has 0 aliphatic carbocycles. The van der Waals surface area contributed by atoms with Crippen LogP contribution in [-0.2, 0) is 28.3 Å². The van der Waals surface area contributed by atoms with Crippen molar-refractivity contribution in [3.8, 4) is 11.1 Å². The van der Waals surface area contributed by atoms with E-state index in [4.69, 9.17) is 9.47 Å². The molecule has 5 nitrogen and oxygen atoms in total. The number of piperidine rings is 1. The number of ether oxygens (including phenoxy) is 2. The van der Waals surface area contributed by atoms with Gasteiger partial charge >= 0.3 is 6.09 Å². The number of hydrogen-bond acceptors (Lipinski definition) is 4. The van der Waals surface area contributed by atoms with Gasteiger partial charge in [-0.25, -0.2) is 13.6 Å². The molecule has 1 amide bonds. The van der Waals surface area contributed by atoms with Gasteiger partial charge in [-0.05, 0) is 85.2 Å². The summed E-state index contributed by atoms with van der Waals surface area (Å²) in [5, 5.41) is 9.82. The first-order valence-electron chi connectivity index (χ1n) is 12.9. The Bertz CT molecular complexity index is 1380. The van der Waals surface area contributed by atoms with E-state index in [1.165, 1.54) is 12.1 Å². The molecule has 0 aromatic heterocycles. The van der Waals surface area contributed by atoms with Crippen LogP contribution >= 0.6 is 0 Å². The molecule has 2 aliphatic heterocycles. The molecule has 2 heterocycles. The standard InChI is InChI=1S/C31H33F2NO4/c1-19-13-20(24-8-6-5-7-21(24)17-35)9-10-23(19)26-16-34(29(36)38-30(2,3)4)12-11-31(26)25-15-28(33)27(32)14-22(25)18-37-31/h5-10,13-15,26,35H,11-12,16-18H2,1-4H3/t26-,31+/m1/s1. The Morgan fingerprint density at radius 2 is 1.87 bits per heavy atom. The highest BCUT2D eigenvalue weighted by molar-refractivity contribution is 5.70. The van der Waals surface area contributed by atoms with Gasteiger partial charge in [0, 0.05) is 19.0 Å². The van der Waals surface area contributed by atoms with Gasteiger partial charge in [0.2, 0.25) is 0 Å². The monoisotopic (exact) mass is 521 g/mol. The van der Waals surface area contributed by atoms with Gasteiger partial charge in [0.05, 0.1) is 13.2 Å². The minimum atomic E-state index is -0.908. The number of aliphatic hydroxyl groups is 1. The summed E-state index contributed by atoms with van der Waals surface area (Å²) in [6.07, 6.45) is 0.00998. The third-order valence-corrected chi connectivity index (χ3v) is 7.60. The van der Waals surface area contributed by atoms with Crippen molar-refractivity contribution in [3.05, 3.63) is 94.0 Å². The summed E-state index contributed by atoms with van der Waals surface area (Å²) in [4.78, 5) is 14.7. The lowest BCUT2D eigenvalue weighted by Gasteiger charge is -2.46. The summed E-state index contributed by atoms with van der Waals surface area (Å²) < 4.78 is 40.7. The van der Waals surface area contributed by atoms with E-state index in [1.54, 1.807) is 4.90 Å². The summed E-state index contributed by atoms with van der Waals surface area (Å²) in [6, 6.07) is 16.2. The second-order valence-corrected chi connectivity index (χ2v) is 11.2. The quantitative estimate of drug-likeness (QED) is 0.423. The smallest absolute Gasteiger partial charge is 0.410 e. The third-order valence-electron chi connectivity index (χ3n) is 7.60. The maximum absolute atomic E-state index is 14.5. The molecule has 7 heteroatoms. The zero-order chi connectivity index (χ0) is 27.2. The van der Waals surface area contributed by atoms with Crippen LogP contribution in [0.1, 0.15) is 60.9 Å². The Morgan fingerprint density at radius 3 is 2.58 bits per heavy atom. The predicted molar refractivity (Wildman–Crippen MR) is 141 cm³/mol. The number of aryl methyl sites for hydroxylation is 1. The number of benzene rings is 3. The molecule has 3 aromatic carbocycles. The van der Waals surface area contributed by atoms with E-state index >= 15 is 0 Å². The van der Waals surface area contributed by atoms with Crippen LogP contribution in [0.3, 0.4) is 0 Å². The molecule has 38 heavy (non-hydrogen) atoms. The summed E-state index contributed by atoms with van der Waals surface area (Å²) in [5.41, 5.74) is 4.39. The number of rotatable bonds is 3. The van der Waals surface area contributed by atoms with Gasteiger partial charge in [0.1, 0.15) is 11.2 Å². The van der Waals surface area contributed by atoms with Gasteiger partial charge in [-0.3, -0.25) is 0 Å². The molecule has 1 fully saturated rings. The van der Waals surface area contributed by atoms with Crippen LogP contribution in [0.15, 0.2) is 54.6 Å². The average molecular weight is 522 g/mol. The number of hydrogen-bond donors (Lipinski definition) is 1. The van der Waals surface area contributed by atoms with E-state index in [-0.39, 0.29) is 19.1 Å². The fourth-order valence-electron chi connectivity index (χ4n) is 5.83. The zero-order valence-corrected chi connectivity index (χ0v) is 22.2. The lowest BCUT2D eigenvalue weighted by Crippen LogP contribution is -2.51. The lowest BCUT2D eigenvalue weighted by molar-refractivity contribution is -0.0956. The fourth-order valence-corrected chi connectivity index (χ4v) is 5.83. The van der Waals surface area contributed by atoms with Crippen LogP contribution in [0, 0.1) is 18.6 Å². The summed E-state index contributed by atoms with van der Waals surface area (Å²) in [6.45, 7) is 8.27. The highest BCUT2D eigenvalue weighted by atomic mass is 19.2. The van der Waals surface area contributed by atoms with Crippen LogP contribution in [-0.4, -0.2) is 34.8 Å². The van der Waals surface area contributed by atoms with Crippen molar-refractivity contribution in [3.63, 3.8) is 0 Å². The molecule has 3 aromatic rings. The number of amides is 1. The number of carbonyl (C=O) groups excluding carboxylic acids is 1. The summed E-state index contributed by atoms with van der Waals surface area (Å²) in [5.74, 6) is -2.14. The molecule has 1 saturated heterocycles. The highest BCUT2D eigenvalue weighted by Gasteiger charge is 2.52.